The minimum atomic E-state index is -0.620. The van der Waals surface area contributed by atoms with Crippen molar-refractivity contribution >= 4 is 5.91 Å². The Morgan fingerprint density at radius 1 is 1.36 bits per heavy atom. The van der Waals surface area contributed by atoms with Gasteiger partial charge < -0.3 is 10.7 Å². The Labute approximate surface area is 81.1 Å². The molecule has 1 aromatic heterocycles. The van der Waals surface area contributed by atoms with Crippen LogP contribution in [-0.4, -0.2) is 10.9 Å². The SMILES string of the molecule is NC(=O)c1c2c(c[nH]c1=O)CCCC2. The lowest BCUT2D eigenvalue weighted by Gasteiger charge is -2.16. The number of aromatic amines is 1. The summed E-state index contributed by atoms with van der Waals surface area (Å²) in [7, 11) is 0. The summed E-state index contributed by atoms with van der Waals surface area (Å²) in [5.74, 6) is -0.620. The molecule has 0 saturated heterocycles. The molecule has 1 heterocycles. The van der Waals surface area contributed by atoms with Crippen molar-refractivity contribution in [3.05, 3.63) is 33.2 Å². The lowest BCUT2D eigenvalue weighted by atomic mass is 9.90. The highest BCUT2D eigenvalue weighted by Crippen LogP contribution is 2.21. The second kappa shape index (κ2) is 3.29. The molecule has 1 aliphatic carbocycles. The van der Waals surface area contributed by atoms with Crippen LogP contribution in [0.3, 0.4) is 0 Å². The molecule has 0 atom stereocenters. The van der Waals surface area contributed by atoms with E-state index in [-0.39, 0.29) is 11.1 Å². The summed E-state index contributed by atoms with van der Waals surface area (Å²) < 4.78 is 0. The Balaban J connectivity index is 2.67. The predicted molar refractivity (Wildman–Crippen MR) is 52.2 cm³/mol. The fraction of sp³-hybridized carbons (Fsp3) is 0.400. The highest BCUT2D eigenvalue weighted by Gasteiger charge is 2.19. The quantitative estimate of drug-likeness (QED) is 0.673. The molecule has 0 spiro atoms. The van der Waals surface area contributed by atoms with Gasteiger partial charge in [0.05, 0.1) is 0 Å². The first-order valence-corrected chi connectivity index (χ1v) is 4.73. The van der Waals surface area contributed by atoms with E-state index in [0.717, 1.165) is 36.8 Å². The molecule has 2 rings (SSSR count). The summed E-state index contributed by atoms with van der Waals surface area (Å²) >= 11 is 0. The topological polar surface area (TPSA) is 76.0 Å². The molecule has 0 fully saturated rings. The highest BCUT2D eigenvalue weighted by atomic mass is 16.2. The van der Waals surface area contributed by atoms with Crippen molar-refractivity contribution in [3.8, 4) is 0 Å². The Hall–Kier alpha value is -1.58. The molecular formula is C10H12N2O2. The Morgan fingerprint density at radius 2 is 2.07 bits per heavy atom. The number of nitrogens with two attached hydrogens (primary N) is 1. The Kier molecular flexibility index (Phi) is 2.11. The number of hydrogen-bond acceptors (Lipinski definition) is 2. The van der Waals surface area contributed by atoms with Gasteiger partial charge in [-0.25, -0.2) is 0 Å². The molecule has 1 aromatic rings. The summed E-state index contributed by atoms with van der Waals surface area (Å²) in [6.45, 7) is 0. The van der Waals surface area contributed by atoms with E-state index in [9.17, 15) is 9.59 Å². The molecule has 4 heteroatoms. The molecule has 1 aliphatic rings. The monoisotopic (exact) mass is 192 g/mol. The maximum atomic E-state index is 11.4. The lowest BCUT2D eigenvalue weighted by Crippen LogP contribution is -2.27. The molecule has 0 saturated carbocycles. The number of carbonyl (C=O) groups is 1. The van der Waals surface area contributed by atoms with Crippen LogP contribution in [0.4, 0.5) is 0 Å². The zero-order chi connectivity index (χ0) is 10.1. The zero-order valence-corrected chi connectivity index (χ0v) is 7.80. The van der Waals surface area contributed by atoms with Gasteiger partial charge in [0.2, 0.25) is 0 Å². The number of carbonyl (C=O) groups excluding carboxylic acids is 1. The van der Waals surface area contributed by atoms with E-state index in [1.54, 1.807) is 6.20 Å². The minimum absolute atomic E-state index is 0.155. The van der Waals surface area contributed by atoms with E-state index in [1.165, 1.54) is 0 Å². The van der Waals surface area contributed by atoms with Crippen molar-refractivity contribution in [2.75, 3.05) is 0 Å². The van der Waals surface area contributed by atoms with Crippen LogP contribution in [0.25, 0.3) is 0 Å². The van der Waals surface area contributed by atoms with Gasteiger partial charge in [-0.1, -0.05) is 0 Å². The summed E-state index contributed by atoms with van der Waals surface area (Å²) in [6, 6.07) is 0. The van der Waals surface area contributed by atoms with Gasteiger partial charge >= 0.3 is 0 Å². The number of H-pyrrole nitrogens is 1. The van der Waals surface area contributed by atoms with Gasteiger partial charge in [-0.3, -0.25) is 9.59 Å². The molecular weight excluding hydrogens is 180 g/mol. The van der Waals surface area contributed by atoms with Gasteiger partial charge in [-0.2, -0.15) is 0 Å². The van der Waals surface area contributed by atoms with Crippen LogP contribution in [0.2, 0.25) is 0 Å². The number of pyridine rings is 1. The second-order valence-corrected chi connectivity index (χ2v) is 3.57. The molecule has 0 radical (unpaired) electrons. The molecule has 0 aromatic carbocycles. The van der Waals surface area contributed by atoms with Crippen molar-refractivity contribution in [2.45, 2.75) is 25.7 Å². The average Bonchev–Trinajstić information content (AvgIpc) is 2.17. The minimum Gasteiger partial charge on any atom is -0.365 e. The number of amides is 1. The van der Waals surface area contributed by atoms with Crippen molar-refractivity contribution in [2.24, 2.45) is 5.73 Å². The normalized spacial score (nSPS) is 14.9. The number of primary amides is 1. The summed E-state index contributed by atoms with van der Waals surface area (Å²) in [6.07, 6.45) is 5.54. The first kappa shape index (κ1) is 8.99. The predicted octanol–water partition coefficient (Wildman–Crippen LogP) is 0.353. The van der Waals surface area contributed by atoms with Gasteiger partial charge in [0.25, 0.3) is 11.5 Å². The van der Waals surface area contributed by atoms with Crippen molar-refractivity contribution in [1.29, 1.82) is 0 Å². The van der Waals surface area contributed by atoms with Crippen molar-refractivity contribution in [1.82, 2.24) is 4.98 Å². The third-order valence-corrected chi connectivity index (χ3v) is 2.66. The molecule has 74 valence electrons. The standard InChI is InChI=1S/C10H12N2O2/c11-9(13)8-7-4-2-1-3-6(7)5-12-10(8)14/h5H,1-4H2,(H2,11,13)(H,12,14). The van der Waals surface area contributed by atoms with Crippen molar-refractivity contribution in [3.63, 3.8) is 0 Å². The maximum Gasteiger partial charge on any atom is 0.261 e. The summed E-state index contributed by atoms with van der Waals surface area (Å²) in [4.78, 5) is 25.0. The molecule has 0 bridgehead atoms. The molecule has 3 N–H and O–H groups in total. The number of hydrogen-bond donors (Lipinski definition) is 2. The van der Waals surface area contributed by atoms with Crippen LogP contribution in [0, 0.1) is 0 Å². The maximum absolute atomic E-state index is 11.4. The van der Waals surface area contributed by atoms with Crippen LogP contribution >= 0.6 is 0 Å². The van der Waals surface area contributed by atoms with Gasteiger partial charge in [-0.05, 0) is 36.8 Å². The fourth-order valence-electron chi connectivity index (χ4n) is 2.00. The van der Waals surface area contributed by atoms with Crippen molar-refractivity contribution < 1.29 is 4.79 Å². The molecule has 4 nitrogen and oxygen atoms in total. The fourth-order valence-corrected chi connectivity index (χ4v) is 2.00. The summed E-state index contributed by atoms with van der Waals surface area (Å²) in [5.41, 5.74) is 6.89. The van der Waals surface area contributed by atoms with Gasteiger partial charge in [0, 0.05) is 6.20 Å². The first-order valence-electron chi connectivity index (χ1n) is 4.73. The van der Waals surface area contributed by atoms with E-state index < -0.39 is 5.91 Å². The van der Waals surface area contributed by atoms with Gasteiger partial charge in [-0.15, -0.1) is 0 Å². The van der Waals surface area contributed by atoms with Crippen LogP contribution in [-0.2, 0) is 12.8 Å². The summed E-state index contributed by atoms with van der Waals surface area (Å²) in [5, 5.41) is 0. The van der Waals surface area contributed by atoms with Crippen LogP contribution in [0.1, 0.15) is 34.3 Å². The number of fused-ring (bicyclic) bond motifs is 1. The smallest absolute Gasteiger partial charge is 0.261 e. The zero-order valence-electron chi connectivity index (χ0n) is 7.80. The van der Waals surface area contributed by atoms with E-state index in [2.05, 4.69) is 4.98 Å². The lowest BCUT2D eigenvalue weighted by molar-refractivity contribution is 0.0997. The largest absolute Gasteiger partial charge is 0.365 e. The van der Waals surface area contributed by atoms with E-state index >= 15 is 0 Å². The van der Waals surface area contributed by atoms with Crippen LogP contribution in [0.15, 0.2) is 11.0 Å². The Bertz CT molecular complexity index is 434. The first-order chi connectivity index (χ1) is 6.70. The average molecular weight is 192 g/mol. The molecule has 14 heavy (non-hydrogen) atoms. The van der Waals surface area contributed by atoms with Gasteiger partial charge in [0.15, 0.2) is 0 Å². The Morgan fingerprint density at radius 3 is 2.79 bits per heavy atom. The molecule has 0 aliphatic heterocycles. The van der Waals surface area contributed by atoms with Gasteiger partial charge in [0.1, 0.15) is 5.56 Å². The number of nitrogens with one attached hydrogen (secondary N) is 1. The molecule has 0 unspecified atom stereocenters. The van der Waals surface area contributed by atoms with E-state index in [1.807, 2.05) is 0 Å². The molecule has 1 amide bonds. The van der Waals surface area contributed by atoms with Crippen LogP contribution in [0.5, 0.6) is 0 Å². The van der Waals surface area contributed by atoms with Crippen LogP contribution < -0.4 is 11.3 Å². The number of aromatic nitrogens is 1. The third-order valence-electron chi connectivity index (χ3n) is 2.66. The van der Waals surface area contributed by atoms with E-state index in [0.29, 0.717) is 0 Å². The highest BCUT2D eigenvalue weighted by molar-refractivity contribution is 5.94. The van der Waals surface area contributed by atoms with E-state index in [4.69, 9.17) is 5.73 Å². The number of aryl methyl sites for hydroxylation is 1. The number of rotatable bonds is 1. The third kappa shape index (κ3) is 1.32. The second-order valence-electron chi connectivity index (χ2n) is 3.57.